The van der Waals surface area contributed by atoms with E-state index in [1.165, 1.54) is 24.5 Å². The van der Waals surface area contributed by atoms with Crippen LogP contribution >= 0.6 is 0 Å². The molecule has 32 heavy (non-hydrogen) atoms. The van der Waals surface area contributed by atoms with Gasteiger partial charge in [0.25, 0.3) is 0 Å². The van der Waals surface area contributed by atoms with Gasteiger partial charge in [0.2, 0.25) is 26.0 Å². The number of anilines is 1. The summed E-state index contributed by atoms with van der Waals surface area (Å²) >= 11 is 0. The van der Waals surface area contributed by atoms with Gasteiger partial charge in [-0.15, -0.1) is 0 Å². The predicted molar refractivity (Wildman–Crippen MR) is 124 cm³/mol. The third kappa shape index (κ3) is 4.59. The number of rotatable bonds is 6. The number of carbonyl (C=O) groups is 1. The molecule has 3 rings (SSSR count). The number of hydrogen-bond donors (Lipinski definition) is 1. The summed E-state index contributed by atoms with van der Waals surface area (Å²) in [6.07, 6.45) is 0.959. The molecule has 1 saturated heterocycles. The molecular weight excluding hydrogens is 450 g/mol. The predicted octanol–water partition coefficient (Wildman–Crippen LogP) is 2.65. The maximum atomic E-state index is 13.2. The second-order valence-corrected chi connectivity index (χ2v) is 12.3. The van der Waals surface area contributed by atoms with Crippen molar-refractivity contribution in [3.63, 3.8) is 0 Å². The number of sulfonamides is 2. The van der Waals surface area contributed by atoms with Crippen molar-refractivity contribution in [2.24, 2.45) is 0 Å². The van der Waals surface area contributed by atoms with Gasteiger partial charge >= 0.3 is 0 Å². The monoisotopic (exact) mass is 479 g/mol. The molecule has 2 aromatic carbocycles. The first-order valence-corrected chi connectivity index (χ1v) is 13.2. The molecule has 174 valence electrons. The molecular formula is C22H29N3O5S2. The van der Waals surface area contributed by atoms with Gasteiger partial charge in [0.1, 0.15) is 6.04 Å². The summed E-state index contributed by atoms with van der Waals surface area (Å²) in [5.41, 5.74) is 2.73. The number of carbonyl (C=O) groups excluding carboxylic acids is 1. The second-order valence-electron chi connectivity index (χ2n) is 8.28. The molecule has 1 aliphatic rings. The summed E-state index contributed by atoms with van der Waals surface area (Å²) in [4.78, 5) is 13.4. The third-order valence-electron chi connectivity index (χ3n) is 5.81. The van der Waals surface area contributed by atoms with Gasteiger partial charge in [-0.05, 0) is 69.0 Å². The summed E-state index contributed by atoms with van der Waals surface area (Å²) < 4.78 is 53.8. The molecule has 0 radical (unpaired) electrons. The van der Waals surface area contributed by atoms with Crippen LogP contribution < -0.4 is 5.32 Å². The molecule has 1 heterocycles. The zero-order valence-corrected chi connectivity index (χ0v) is 20.5. The van der Waals surface area contributed by atoms with E-state index in [0.29, 0.717) is 24.1 Å². The van der Waals surface area contributed by atoms with Crippen LogP contribution in [0.3, 0.4) is 0 Å². The molecule has 0 bridgehead atoms. The molecule has 0 unspecified atom stereocenters. The Labute approximate surface area is 190 Å². The fraction of sp³-hybridized carbons (Fsp3) is 0.409. The smallest absolute Gasteiger partial charge is 0.243 e. The highest BCUT2D eigenvalue weighted by molar-refractivity contribution is 7.89. The molecule has 1 fully saturated rings. The van der Waals surface area contributed by atoms with E-state index in [4.69, 9.17) is 0 Å². The maximum absolute atomic E-state index is 13.2. The van der Waals surface area contributed by atoms with Crippen LogP contribution in [-0.4, -0.2) is 58.0 Å². The van der Waals surface area contributed by atoms with Gasteiger partial charge in [0, 0.05) is 26.3 Å². The lowest BCUT2D eigenvalue weighted by Gasteiger charge is -2.24. The van der Waals surface area contributed by atoms with Gasteiger partial charge in [0.05, 0.1) is 9.79 Å². The van der Waals surface area contributed by atoms with Crippen molar-refractivity contribution in [1.29, 1.82) is 0 Å². The van der Waals surface area contributed by atoms with Crippen molar-refractivity contribution in [2.45, 2.75) is 49.4 Å². The Morgan fingerprint density at radius 3 is 2.22 bits per heavy atom. The van der Waals surface area contributed by atoms with E-state index in [9.17, 15) is 21.6 Å². The topological polar surface area (TPSA) is 104 Å². The zero-order chi connectivity index (χ0) is 23.8. The summed E-state index contributed by atoms with van der Waals surface area (Å²) in [5, 5.41) is 2.78. The average molecular weight is 480 g/mol. The Kier molecular flexibility index (Phi) is 6.80. The van der Waals surface area contributed by atoms with Gasteiger partial charge < -0.3 is 5.32 Å². The number of amides is 1. The molecule has 0 saturated carbocycles. The van der Waals surface area contributed by atoms with Crippen LogP contribution in [0.1, 0.15) is 29.5 Å². The fourth-order valence-electron chi connectivity index (χ4n) is 3.67. The number of hydrogen-bond acceptors (Lipinski definition) is 5. The first kappa shape index (κ1) is 24.4. The van der Waals surface area contributed by atoms with Crippen LogP contribution in [0, 0.1) is 20.8 Å². The lowest BCUT2D eigenvalue weighted by molar-refractivity contribution is -0.119. The second kappa shape index (κ2) is 8.93. The van der Waals surface area contributed by atoms with Crippen molar-refractivity contribution in [3.05, 3.63) is 53.1 Å². The molecule has 1 aliphatic heterocycles. The number of nitrogens with one attached hydrogen (secondary N) is 1. The Balaban J connectivity index is 1.91. The Bertz CT molecular complexity index is 1240. The Morgan fingerprint density at radius 1 is 1.00 bits per heavy atom. The van der Waals surface area contributed by atoms with E-state index < -0.39 is 32.0 Å². The molecule has 1 N–H and O–H groups in total. The van der Waals surface area contributed by atoms with E-state index >= 15 is 0 Å². The summed E-state index contributed by atoms with van der Waals surface area (Å²) in [5.74, 6) is -0.472. The van der Waals surface area contributed by atoms with Crippen LogP contribution in [-0.2, 0) is 24.8 Å². The van der Waals surface area contributed by atoms with Gasteiger partial charge in [0.15, 0.2) is 0 Å². The molecule has 0 spiro atoms. The van der Waals surface area contributed by atoms with E-state index in [-0.39, 0.29) is 16.3 Å². The van der Waals surface area contributed by atoms with Crippen molar-refractivity contribution in [1.82, 2.24) is 8.61 Å². The van der Waals surface area contributed by atoms with Gasteiger partial charge in [-0.3, -0.25) is 4.79 Å². The summed E-state index contributed by atoms with van der Waals surface area (Å²) in [7, 11) is -4.65. The third-order valence-corrected chi connectivity index (χ3v) is 9.53. The van der Waals surface area contributed by atoms with Crippen LogP contribution in [0.15, 0.2) is 46.2 Å². The highest BCUT2D eigenvalue weighted by Crippen LogP contribution is 2.29. The standard InChI is InChI=1S/C22H29N3O5S2/c1-15-8-10-18(11-9-15)32(29,30)25-12-6-7-21(25)22(26)23-20-14-19(13-16(2)17(20)3)31(27,28)24(4)5/h8-11,13-14,21H,6-7,12H2,1-5H3,(H,23,26)/t21-/m0/s1. The van der Waals surface area contributed by atoms with E-state index in [2.05, 4.69) is 5.32 Å². The minimum Gasteiger partial charge on any atom is -0.324 e. The van der Waals surface area contributed by atoms with Crippen molar-refractivity contribution >= 4 is 31.6 Å². The highest BCUT2D eigenvalue weighted by Gasteiger charge is 2.39. The average Bonchev–Trinajstić information content (AvgIpc) is 3.22. The maximum Gasteiger partial charge on any atom is 0.243 e. The lowest BCUT2D eigenvalue weighted by atomic mass is 10.1. The Hall–Kier alpha value is -2.27. The zero-order valence-electron chi connectivity index (χ0n) is 18.9. The van der Waals surface area contributed by atoms with E-state index in [1.54, 1.807) is 44.2 Å². The van der Waals surface area contributed by atoms with Gasteiger partial charge in [-0.1, -0.05) is 17.7 Å². The van der Waals surface area contributed by atoms with Crippen LogP contribution in [0.2, 0.25) is 0 Å². The van der Waals surface area contributed by atoms with Crippen molar-refractivity contribution < 1.29 is 21.6 Å². The quantitative estimate of drug-likeness (QED) is 0.686. The highest BCUT2D eigenvalue weighted by atomic mass is 32.2. The van der Waals surface area contributed by atoms with Gasteiger partial charge in [-0.2, -0.15) is 4.31 Å². The molecule has 2 aromatic rings. The Morgan fingerprint density at radius 2 is 1.62 bits per heavy atom. The van der Waals surface area contributed by atoms with Crippen LogP contribution in [0.4, 0.5) is 5.69 Å². The summed E-state index contributed by atoms with van der Waals surface area (Å²) in [6.45, 7) is 5.68. The molecule has 0 aromatic heterocycles. The first-order chi connectivity index (χ1) is 14.9. The lowest BCUT2D eigenvalue weighted by Crippen LogP contribution is -2.43. The minimum atomic E-state index is -3.83. The first-order valence-electron chi connectivity index (χ1n) is 10.3. The molecule has 10 heteroatoms. The number of nitrogens with zero attached hydrogens (tertiary/aromatic N) is 2. The normalized spacial score (nSPS) is 17.6. The molecule has 1 amide bonds. The molecule has 1 atom stereocenters. The number of aryl methyl sites for hydroxylation is 2. The summed E-state index contributed by atoms with van der Waals surface area (Å²) in [6, 6.07) is 8.65. The largest absolute Gasteiger partial charge is 0.324 e. The van der Waals surface area contributed by atoms with Gasteiger partial charge in [-0.25, -0.2) is 21.1 Å². The minimum absolute atomic E-state index is 0.0662. The van der Waals surface area contributed by atoms with Crippen LogP contribution in [0.5, 0.6) is 0 Å². The fourth-order valence-corrected chi connectivity index (χ4v) is 6.34. The van der Waals surface area contributed by atoms with Crippen molar-refractivity contribution in [3.8, 4) is 0 Å². The van der Waals surface area contributed by atoms with E-state index in [1.807, 2.05) is 6.92 Å². The SMILES string of the molecule is Cc1ccc(S(=O)(=O)N2CCC[C@H]2C(=O)Nc2cc(S(=O)(=O)N(C)C)cc(C)c2C)cc1. The van der Waals surface area contributed by atoms with E-state index in [0.717, 1.165) is 15.4 Å². The molecule has 0 aliphatic carbocycles. The van der Waals surface area contributed by atoms with Crippen molar-refractivity contribution in [2.75, 3.05) is 26.0 Å². The number of benzene rings is 2. The van der Waals surface area contributed by atoms with Crippen LogP contribution in [0.25, 0.3) is 0 Å². The molecule has 8 nitrogen and oxygen atoms in total.